The molecule has 0 saturated carbocycles. The lowest BCUT2D eigenvalue weighted by atomic mass is 10.2. The van der Waals surface area contributed by atoms with Crippen molar-refractivity contribution in [3.8, 4) is 10.8 Å². The Morgan fingerprint density at radius 1 is 1.39 bits per heavy atom. The van der Waals surface area contributed by atoms with E-state index in [1.165, 1.54) is 23.1 Å². The number of carbonyl (C=O) groups is 1. The molecule has 0 bridgehead atoms. The minimum atomic E-state index is -0.0449. The Bertz CT molecular complexity index is 831. The Kier molecular flexibility index (Phi) is 5.20. The van der Waals surface area contributed by atoms with Gasteiger partial charge >= 0.3 is 0 Å². The highest BCUT2D eigenvalue weighted by Crippen LogP contribution is 2.41. The lowest BCUT2D eigenvalue weighted by molar-refractivity contribution is -0.118. The smallest absolute Gasteiger partial charge is 0.277 e. The quantitative estimate of drug-likeness (QED) is 0.660. The van der Waals surface area contributed by atoms with E-state index in [1.54, 1.807) is 0 Å². The fraction of sp³-hybridized carbons (Fsp3) is 0.267. The molecular formula is C15H14ClN3O2S2. The van der Waals surface area contributed by atoms with Crippen LogP contribution in [0.4, 0.5) is 0 Å². The van der Waals surface area contributed by atoms with Gasteiger partial charge in [0.25, 0.3) is 11.1 Å². The molecule has 3 aromatic rings. The third-order valence-corrected chi connectivity index (χ3v) is 5.52. The van der Waals surface area contributed by atoms with Gasteiger partial charge < -0.3 is 9.73 Å². The minimum absolute atomic E-state index is 0.0449. The van der Waals surface area contributed by atoms with Crippen LogP contribution in [-0.2, 0) is 4.79 Å². The van der Waals surface area contributed by atoms with Crippen LogP contribution in [0.3, 0.4) is 0 Å². The summed E-state index contributed by atoms with van der Waals surface area (Å²) in [7, 11) is 0. The summed E-state index contributed by atoms with van der Waals surface area (Å²) in [6.45, 7) is 2.68. The van der Waals surface area contributed by atoms with Gasteiger partial charge in [0.15, 0.2) is 0 Å². The number of thioether (sulfide) groups is 1. The van der Waals surface area contributed by atoms with Gasteiger partial charge in [-0.1, -0.05) is 48.5 Å². The van der Waals surface area contributed by atoms with Crippen molar-refractivity contribution in [1.82, 2.24) is 15.5 Å². The predicted molar refractivity (Wildman–Crippen MR) is 94.2 cm³/mol. The Hall–Kier alpha value is -1.57. The van der Waals surface area contributed by atoms with Gasteiger partial charge in [0.05, 0.1) is 10.8 Å². The number of carbonyl (C=O) groups excluding carboxylic acids is 1. The molecule has 0 saturated heterocycles. The lowest BCUT2D eigenvalue weighted by Crippen LogP contribution is -2.25. The molecule has 2 heterocycles. The molecule has 0 spiro atoms. The second kappa shape index (κ2) is 7.33. The van der Waals surface area contributed by atoms with Crippen LogP contribution in [-0.4, -0.2) is 28.4 Å². The topological polar surface area (TPSA) is 68.0 Å². The van der Waals surface area contributed by atoms with Crippen LogP contribution < -0.4 is 5.32 Å². The minimum Gasteiger partial charge on any atom is -0.410 e. The van der Waals surface area contributed by atoms with Gasteiger partial charge in [-0.3, -0.25) is 4.79 Å². The van der Waals surface area contributed by atoms with Crippen molar-refractivity contribution in [2.24, 2.45) is 0 Å². The second-order valence-electron chi connectivity index (χ2n) is 4.75. The molecule has 8 heteroatoms. The first-order valence-corrected chi connectivity index (χ1v) is 9.27. The molecule has 5 nitrogen and oxygen atoms in total. The van der Waals surface area contributed by atoms with E-state index in [0.29, 0.717) is 22.7 Å². The number of halogens is 1. The molecule has 0 aliphatic heterocycles. The van der Waals surface area contributed by atoms with Crippen molar-refractivity contribution in [3.05, 3.63) is 29.3 Å². The fourth-order valence-electron chi connectivity index (χ4n) is 1.95. The van der Waals surface area contributed by atoms with E-state index in [0.717, 1.165) is 21.4 Å². The van der Waals surface area contributed by atoms with Gasteiger partial charge in [-0.05, 0) is 12.5 Å². The van der Waals surface area contributed by atoms with Gasteiger partial charge in [-0.25, -0.2) is 0 Å². The zero-order valence-electron chi connectivity index (χ0n) is 12.3. The number of rotatable bonds is 6. The lowest BCUT2D eigenvalue weighted by Gasteiger charge is -2.00. The molecule has 3 rings (SSSR count). The molecule has 0 aliphatic carbocycles. The van der Waals surface area contributed by atoms with Gasteiger partial charge in [-0.2, -0.15) is 0 Å². The normalized spacial score (nSPS) is 11.0. The largest absolute Gasteiger partial charge is 0.410 e. The van der Waals surface area contributed by atoms with Crippen LogP contribution >= 0.6 is 34.7 Å². The van der Waals surface area contributed by atoms with E-state index in [1.807, 2.05) is 31.2 Å². The number of thiophene rings is 1. The summed E-state index contributed by atoms with van der Waals surface area (Å²) in [5, 5.41) is 12.8. The molecular weight excluding hydrogens is 354 g/mol. The zero-order chi connectivity index (χ0) is 16.2. The summed E-state index contributed by atoms with van der Waals surface area (Å²) in [5.41, 5.74) is 0. The Morgan fingerprint density at radius 2 is 2.22 bits per heavy atom. The number of fused-ring (bicyclic) bond motifs is 1. The van der Waals surface area contributed by atoms with Crippen molar-refractivity contribution in [3.63, 3.8) is 0 Å². The monoisotopic (exact) mass is 367 g/mol. The maximum absolute atomic E-state index is 11.6. The molecule has 0 radical (unpaired) electrons. The van der Waals surface area contributed by atoms with E-state index in [9.17, 15) is 4.79 Å². The summed E-state index contributed by atoms with van der Waals surface area (Å²) in [4.78, 5) is 12.3. The summed E-state index contributed by atoms with van der Waals surface area (Å²) >= 11 is 9.12. The van der Waals surface area contributed by atoms with Crippen LogP contribution in [0.5, 0.6) is 0 Å². The van der Waals surface area contributed by atoms with Gasteiger partial charge in [-0.15, -0.1) is 21.5 Å². The van der Waals surface area contributed by atoms with Crippen LogP contribution in [0.1, 0.15) is 13.3 Å². The van der Waals surface area contributed by atoms with E-state index in [2.05, 4.69) is 15.5 Å². The average Bonchev–Trinajstić information content (AvgIpc) is 3.16. The summed E-state index contributed by atoms with van der Waals surface area (Å²) < 4.78 is 6.69. The van der Waals surface area contributed by atoms with E-state index < -0.39 is 0 Å². The van der Waals surface area contributed by atoms with Crippen LogP contribution in [0.2, 0.25) is 5.02 Å². The molecule has 0 aliphatic rings. The number of nitrogens with zero attached hydrogens (tertiary/aromatic N) is 2. The van der Waals surface area contributed by atoms with Crippen molar-refractivity contribution in [1.29, 1.82) is 0 Å². The highest BCUT2D eigenvalue weighted by atomic mass is 35.5. The fourth-order valence-corrected chi connectivity index (χ4v) is 3.98. The number of nitrogens with one attached hydrogen (secondary N) is 1. The first-order chi connectivity index (χ1) is 11.2. The Labute approximate surface area is 146 Å². The molecule has 23 heavy (non-hydrogen) atoms. The van der Waals surface area contributed by atoms with Gasteiger partial charge in [0.2, 0.25) is 5.91 Å². The Balaban J connectivity index is 1.73. The van der Waals surface area contributed by atoms with Crippen molar-refractivity contribution in [2.45, 2.75) is 18.6 Å². The van der Waals surface area contributed by atoms with Crippen molar-refractivity contribution < 1.29 is 9.21 Å². The van der Waals surface area contributed by atoms with Gasteiger partial charge in [0.1, 0.15) is 4.88 Å². The highest BCUT2D eigenvalue weighted by Gasteiger charge is 2.18. The summed E-state index contributed by atoms with van der Waals surface area (Å²) in [5.74, 6) is 0.589. The number of benzene rings is 1. The van der Waals surface area contributed by atoms with E-state index in [4.69, 9.17) is 16.0 Å². The average molecular weight is 368 g/mol. The molecule has 0 fully saturated rings. The molecule has 1 aromatic carbocycles. The third kappa shape index (κ3) is 3.68. The van der Waals surface area contributed by atoms with Crippen molar-refractivity contribution >= 4 is 50.7 Å². The van der Waals surface area contributed by atoms with Crippen LogP contribution in [0.15, 0.2) is 33.9 Å². The Morgan fingerprint density at radius 3 is 3.00 bits per heavy atom. The third-order valence-electron chi connectivity index (χ3n) is 3.03. The maximum atomic E-state index is 11.6. The first-order valence-electron chi connectivity index (χ1n) is 7.09. The molecule has 120 valence electrons. The van der Waals surface area contributed by atoms with Crippen LogP contribution in [0, 0.1) is 0 Å². The molecule has 0 unspecified atom stereocenters. The number of hydrogen-bond acceptors (Lipinski definition) is 6. The number of amides is 1. The number of aromatic nitrogens is 2. The molecule has 2 aromatic heterocycles. The zero-order valence-corrected chi connectivity index (χ0v) is 14.7. The summed E-state index contributed by atoms with van der Waals surface area (Å²) in [6, 6.07) is 7.86. The molecule has 0 atom stereocenters. The van der Waals surface area contributed by atoms with E-state index >= 15 is 0 Å². The number of hydrogen-bond donors (Lipinski definition) is 1. The molecule has 1 N–H and O–H groups in total. The van der Waals surface area contributed by atoms with Crippen molar-refractivity contribution in [2.75, 3.05) is 12.3 Å². The first kappa shape index (κ1) is 16.3. The molecule has 1 amide bonds. The van der Waals surface area contributed by atoms with E-state index in [-0.39, 0.29) is 11.7 Å². The second-order valence-corrected chi connectivity index (χ2v) is 7.11. The van der Waals surface area contributed by atoms with Gasteiger partial charge in [0, 0.05) is 16.6 Å². The SMILES string of the molecule is CCCNC(=O)CSc1nnc(-c2sc3ccccc3c2Cl)o1. The highest BCUT2D eigenvalue weighted by molar-refractivity contribution is 7.99. The predicted octanol–water partition coefficient (Wildman–Crippen LogP) is 4.22. The van der Waals surface area contributed by atoms with Crippen LogP contribution in [0.25, 0.3) is 20.9 Å². The summed E-state index contributed by atoms with van der Waals surface area (Å²) in [6.07, 6.45) is 0.908. The maximum Gasteiger partial charge on any atom is 0.277 e. The standard InChI is InChI=1S/C15H14ClN3O2S2/c1-2-7-17-11(20)8-22-15-19-18-14(21-15)13-12(16)9-5-3-4-6-10(9)23-13/h3-6H,2,7-8H2,1H3,(H,17,20).